The van der Waals surface area contributed by atoms with Crippen LogP contribution in [-0.2, 0) is 11.8 Å². The first kappa shape index (κ1) is 21.8. The number of amides is 1. The third-order valence-electron chi connectivity index (χ3n) is 5.83. The fourth-order valence-electron chi connectivity index (χ4n) is 4.19. The molecule has 166 valence electrons. The minimum atomic E-state index is -0.454. The molecule has 5 rings (SSSR count). The molecule has 0 saturated heterocycles. The lowest BCUT2D eigenvalue weighted by Crippen LogP contribution is -2.19. The first-order chi connectivity index (χ1) is 16.7. The molecule has 0 saturated carbocycles. The Morgan fingerprint density at radius 2 is 1.12 bits per heavy atom. The molecular formula is C30H24N2OS. The summed E-state index contributed by atoms with van der Waals surface area (Å²) in [5.74, 6) is -0.627. The van der Waals surface area contributed by atoms with Crippen molar-refractivity contribution in [3.8, 4) is 21.7 Å². The molecular weight excluding hydrogens is 436 g/mol. The maximum Gasteiger partial charge on any atom is 0.260 e. The van der Waals surface area contributed by atoms with Crippen LogP contribution >= 0.6 is 11.3 Å². The minimum absolute atomic E-state index is 0.173. The predicted octanol–water partition coefficient (Wildman–Crippen LogP) is 6.68. The van der Waals surface area contributed by atoms with Crippen LogP contribution in [0.1, 0.15) is 17.0 Å². The Morgan fingerprint density at radius 1 is 0.676 bits per heavy atom. The normalized spacial score (nSPS) is 11.6. The van der Waals surface area contributed by atoms with Gasteiger partial charge in [-0.3, -0.25) is 4.79 Å². The molecule has 3 nitrogen and oxygen atoms in total. The van der Waals surface area contributed by atoms with Crippen LogP contribution in [0.2, 0.25) is 0 Å². The topological polar surface area (TPSA) is 34.4 Å². The van der Waals surface area contributed by atoms with Crippen molar-refractivity contribution in [2.45, 2.75) is 5.92 Å². The summed E-state index contributed by atoms with van der Waals surface area (Å²) >= 11 is 1.55. The van der Waals surface area contributed by atoms with Crippen molar-refractivity contribution in [3.63, 3.8) is 0 Å². The number of rotatable bonds is 5. The van der Waals surface area contributed by atoms with E-state index in [1.165, 1.54) is 0 Å². The molecule has 0 fully saturated rings. The molecule has 0 aliphatic heterocycles. The van der Waals surface area contributed by atoms with Gasteiger partial charge in [-0.15, -0.1) is 0 Å². The summed E-state index contributed by atoms with van der Waals surface area (Å²) in [6.45, 7) is 0. The van der Waals surface area contributed by atoms with E-state index in [2.05, 4.69) is 29.3 Å². The fraction of sp³-hybridized carbons (Fsp3) is 0.0667. The molecule has 5 aromatic rings. The number of hydrogen-bond acceptors (Lipinski definition) is 2. The quantitative estimate of drug-likeness (QED) is 0.288. The second kappa shape index (κ2) is 9.86. The van der Waals surface area contributed by atoms with Crippen molar-refractivity contribution in [3.05, 3.63) is 137 Å². The van der Waals surface area contributed by atoms with Crippen LogP contribution in [0.15, 0.2) is 126 Å². The Kier molecular flexibility index (Phi) is 6.32. The summed E-state index contributed by atoms with van der Waals surface area (Å²) in [7, 11) is 1.98. The van der Waals surface area contributed by atoms with E-state index >= 15 is 0 Å². The maximum absolute atomic E-state index is 13.7. The van der Waals surface area contributed by atoms with E-state index in [-0.39, 0.29) is 5.91 Å². The molecule has 0 radical (unpaired) electrons. The lowest BCUT2D eigenvalue weighted by atomic mass is 9.91. The summed E-state index contributed by atoms with van der Waals surface area (Å²) < 4.78 is 2.04. The van der Waals surface area contributed by atoms with Crippen molar-refractivity contribution in [2.24, 2.45) is 12.0 Å². The van der Waals surface area contributed by atoms with E-state index < -0.39 is 5.92 Å². The molecule has 0 aliphatic carbocycles. The molecule has 1 heterocycles. The standard InChI is InChI=1S/C30H24N2OS/c1-32-27(24-18-10-4-11-19-24)28(25-20-12-5-13-21-25)34-30(32)31-29(33)26(22-14-6-2-7-15-22)23-16-8-3-9-17-23/h2-21,26H,1H3. The number of aromatic nitrogens is 1. The van der Waals surface area contributed by atoms with Crippen molar-refractivity contribution >= 4 is 17.2 Å². The highest BCUT2D eigenvalue weighted by Gasteiger charge is 2.23. The van der Waals surface area contributed by atoms with Crippen molar-refractivity contribution < 1.29 is 4.79 Å². The number of benzene rings is 4. The van der Waals surface area contributed by atoms with Crippen LogP contribution in [0.5, 0.6) is 0 Å². The molecule has 0 unspecified atom stereocenters. The Labute approximate surface area is 203 Å². The van der Waals surface area contributed by atoms with Crippen LogP contribution in [0.25, 0.3) is 21.7 Å². The van der Waals surface area contributed by atoms with Crippen LogP contribution in [-0.4, -0.2) is 10.5 Å². The SMILES string of the molecule is Cn1c(-c2ccccc2)c(-c2ccccc2)sc1=NC(=O)C(c1ccccc1)c1ccccc1. The van der Waals surface area contributed by atoms with Gasteiger partial charge in [0.25, 0.3) is 5.91 Å². The summed E-state index contributed by atoms with van der Waals surface area (Å²) in [5.41, 5.74) is 5.14. The third-order valence-corrected chi connectivity index (χ3v) is 7.01. The Bertz CT molecular complexity index is 1420. The number of hydrogen-bond donors (Lipinski definition) is 0. The van der Waals surface area contributed by atoms with Crippen LogP contribution in [0.4, 0.5) is 0 Å². The average Bonchev–Trinajstić information content (AvgIpc) is 3.22. The minimum Gasteiger partial charge on any atom is -0.319 e. The Balaban J connectivity index is 1.67. The van der Waals surface area contributed by atoms with Crippen LogP contribution in [0.3, 0.4) is 0 Å². The van der Waals surface area contributed by atoms with Gasteiger partial charge in [0.2, 0.25) is 0 Å². The monoisotopic (exact) mass is 460 g/mol. The highest BCUT2D eigenvalue weighted by atomic mass is 32.1. The molecule has 0 aliphatic rings. The number of carbonyl (C=O) groups excluding carboxylic acids is 1. The zero-order chi connectivity index (χ0) is 23.3. The van der Waals surface area contributed by atoms with E-state index in [4.69, 9.17) is 0 Å². The van der Waals surface area contributed by atoms with Crippen molar-refractivity contribution in [2.75, 3.05) is 0 Å². The smallest absolute Gasteiger partial charge is 0.260 e. The highest BCUT2D eigenvalue weighted by Crippen LogP contribution is 2.34. The number of nitrogens with zero attached hydrogens (tertiary/aromatic N) is 2. The van der Waals surface area contributed by atoms with Gasteiger partial charge in [0, 0.05) is 7.05 Å². The van der Waals surface area contributed by atoms with Gasteiger partial charge in [-0.1, -0.05) is 133 Å². The van der Waals surface area contributed by atoms with Gasteiger partial charge >= 0.3 is 0 Å². The fourth-order valence-corrected chi connectivity index (χ4v) is 5.34. The first-order valence-electron chi connectivity index (χ1n) is 11.2. The highest BCUT2D eigenvalue weighted by molar-refractivity contribution is 7.13. The van der Waals surface area contributed by atoms with Crippen LogP contribution in [0, 0.1) is 0 Å². The zero-order valence-corrected chi connectivity index (χ0v) is 19.7. The molecule has 4 aromatic carbocycles. The van der Waals surface area contributed by atoms with Crippen molar-refractivity contribution in [1.29, 1.82) is 0 Å². The number of thiazole rings is 1. The zero-order valence-electron chi connectivity index (χ0n) is 18.8. The van der Waals surface area contributed by atoms with E-state index in [0.717, 1.165) is 32.8 Å². The van der Waals surface area contributed by atoms with Gasteiger partial charge in [-0.2, -0.15) is 4.99 Å². The maximum atomic E-state index is 13.7. The second-order valence-electron chi connectivity index (χ2n) is 8.06. The molecule has 0 bridgehead atoms. The second-order valence-corrected chi connectivity index (χ2v) is 9.04. The lowest BCUT2D eigenvalue weighted by molar-refractivity contribution is -0.118. The van der Waals surface area contributed by atoms with Gasteiger partial charge < -0.3 is 4.57 Å². The van der Waals surface area contributed by atoms with Gasteiger partial charge in [0.15, 0.2) is 4.80 Å². The summed E-state index contributed by atoms with van der Waals surface area (Å²) in [4.78, 5) is 20.1. The summed E-state index contributed by atoms with van der Waals surface area (Å²) in [6.07, 6.45) is 0. The largest absolute Gasteiger partial charge is 0.319 e. The van der Waals surface area contributed by atoms with Gasteiger partial charge in [0.05, 0.1) is 16.5 Å². The predicted molar refractivity (Wildman–Crippen MR) is 139 cm³/mol. The molecule has 1 amide bonds. The molecule has 1 aromatic heterocycles. The van der Waals surface area contributed by atoms with Gasteiger partial charge in [-0.05, 0) is 22.3 Å². The molecule has 0 atom stereocenters. The molecule has 0 N–H and O–H groups in total. The van der Waals surface area contributed by atoms with E-state index in [1.54, 1.807) is 11.3 Å². The molecule has 0 spiro atoms. The van der Waals surface area contributed by atoms with E-state index in [0.29, 0.717) is 4.80 Å². The van der Waals surface area contributed by atoms with Gasteiger partial charge in [-0.25, -0.2) is 0 Å². The average molecular weight is 461 g/mol. The Hall–Kier alpha value is -4.02. The molecule has 4 heteroatoms. The molecule has 34 heavy (non-hydrogen) atoms. The Morgan fingerprint density at radius 3 is 1.62 bits per heavy atom. The van der Waals surface area contributed by atoms with E-state index in [1.807, 2.05) is 109 Å². The summed E-state index contributed by atoms with van der Waals surface area (Å²) in [5, 5.41) is 0. The van der Waals surface area contributed by atoms with Crippen LogP contribution < -0.4 is 4.80 Å². The van der Waals surface area contributed by atoms with E-state index in [9.17, 15) is 4.79 Å². The van der Waals surface area contributed by atoms with Crippen molar-refractivity contribution in [1.82, 2.24) is 4.57 Å². The summed E-state index contributed by atoms with van der Waals surface area (Å²) in [6, 6.07) is 40.3. The van der Waals surface area contributed by atoms with Gasteiger partial charge in [0.1, 0.15) is 0 Å². The number of carbonyl (C=O) groups is 1. The third kappa shape index (κ3) is 4.41. The first-order valence-corrected chi connectivity index (χ1v) is 12.0. The lowest BCUT2D eigenvalue weighted by Gasteiger charge is -2.14.